The maximum absolute atomic E-state index is 14.6. The van der Waals surface area contributed by atoms with Gasteiger partial charge in [0.15, 0.2) is 0 Å². The largest absolute Gasteiger partial charge is 0.347 e. The normalized spacial score (nSPS) is 10.7. The summed E-state index contributed by atoms with van der Waals surface area (Å²) in [6, 6.07) is 11.9. The van der Waals surface area contributed by atoms with Gasteiger partial charge in [0.2, 0.25) is 5.69 Å². The molecule has 4 rings (SSSR count). The molecule has 0 aliphatic rings. The quantitative estimate of drug-likeness (QED) is 0.375. The molecule has 6 nitrogen and oxygen atoms in total. The molecule has 0 radical (unpaired) electrons. The van der Waals surface area contributed by atoms with Crippen molar-refractivity contribution in [1.82, 2.24) is 20.1 Å². The summed E-state index contributed by atoms with van der Waals surface area (Å²) < 4.78 is 16.3. The van der Waals surface area contributed by atoms with E-state index in [2.05, 4.69) is 20.2 Å². The van der Waals surface area contributed by atoms with Gasteiger partial charge in [-0.05, 0) is 30.7 Å². The van der Waals surface area contributed by atoms with E-state index in [9.17, 15) is 9.18 Å². The van der Waals surface area contributed by atoms with Crippen LogP contribution in [0.5, 0.6) is 0 Å². The monoisotopic (exact) mass is 465 g/mol. The summed E-state index contributed by atoms with van der Waals surface area (Å²) in [5.41, 5.74) is 5.32. The Morgan fingerprint density at radius 2 is 2.12 bits per heavy atom. The highest BCUT2D eigenvalue weighted by Gasteiger charge is 2.13. The number of nitrogens with zero attached hydrogens (tertiary/aromatic N) is 4. The standard InChI is InChI=1S/C23H17ClFN5OS/c1-14-22(32-13-28-14)23(31)27-11-17-4-3-15(9-19(17)25)12-30-8-7-20(29-30)16-5-6-21(26-2)18(24)10-16/h3-10,13H,11-12H2,1H3,(H,27,31). The second-order valence-electron chi connectivity index (χ2n) is 7.05. The Hall–Kier alpha value is -3.54. The molecule has 0 atom stereocenters. The molecule has 2 aromatic carbocycles. The van der Waals surface area contributed by atoms with Crippen LogP contribution in [-0.4, -0.2) is 20.7 Å². The Kier molecular flexibility index (Phi) is 6.30. The molecular weight excluding hydrogens is 449 g/mol. The minimum Gasteiger partial charge on any atom is -0.347 e. The molecule has 1 amide bonds. The number of carbonyl (C=O) groups is 1. The fourth-order valence-corrected chi connectivity index (χ4v) is 4.10. The van der Waals surface area contributed by atoms with E-state index in [0.717, 1.165) is 11.1 Å². The first-order valence-electron chi connectivity index (χ1n) is 9.61. The van der Waals surface area contributed by atoms with E-state index < -0.39 is 5.82 Å². The predicted molar refractivity (Wildman–Crippen MR) is 122 cm³/mol. The van der Waals surface area contributed by atoms with Gasteiger partial charge in [0, 0.05) is 28.9 Å². The summed E-state index contributed by atoms with van der Waals surface area (Å²) in [4.78, 5) is 20.1. The molecule has 32 heavy (non-hydrogen) atoms. The third-order valence-electron chi connectivity index (χ3n) is 4.86. The van der Waals surface area contributed by atoms with Gasteiger partial charge in [0.1, 0.15) is 10.7 Å². The first-order chi connectivity index (χ1) is 15.4. The number of hydrogen-bond acceptors (Lipinski definition) is 4. The molecule has 9 heteroatoms. The van der Waals surface area contributed by atoms with Crippen molar-refractivity contribution in [2.24, 2.45) is 0 Å². The molecule has 160 valence electrons. The summed E-state index contributed by atoms with van der Waals surface area (Å²) in [5.74, 6) is -0.653. The van der Waals surface area contributed by atoms with Crippen molar-refractivity contribution in [1.29, 1.82) is 0 Å². The zero-order chi connectivity index (χ0) is 22.7. The van der Waals surface area contributed by atoms with Crippen molar-refractivity contribution >= 4 is 34.5 Å². The first kappa shape index (κ1) is 21.7. The van der Waals surface area contributed by atoms with Crippen LogP contribution >= 0.6 is 22.9 Å². The van der Waals surface area contributed by atoms with Crippen LogP contribution in [-0.2, 0) is 13.1 Å². The molecule has 2 aromatic heterocycles. The lowest BCUT2D eigenvalue weighted by Crippen LogP contribution is -2.23. The van der Waals surface area contributed by atoms with Crippen LogP contribution in [0.1, 0.15) is 26.5 Å². The SMILES string of the molecule is [C-]#[N+]c1ccc(-c2ccn(Cc3ccc(CNC(=O)c4scnc4C)c(F)c3)n2)cc1Cl. The van der Waals surface area contributed by atoms with E-state index in [1.54, 1.807) is 47.6 Å². The van der Waals surface area contributed by atoms with Crippen LogP contribution in [0.2, 0.25) is 5.02 Å². The number of rotatable bonds is 6. The smallest absolute Gasteiger partial charge is 0.263 e. The van der Waals surface area contributed by atoms with Crippen molar-refractivity contribution in [3.05, 3.63) is 98.1 Å². The van der Waals surface area contributed by atoms with Gasteiger partial charge in [-0.15, -0.1) is 11.3 Å². The van der Waals surface area contributed by atoms with Crippen molar-refractivity contribution in [3.8, 4) is 11.3 Å². The van der Waals surface area contributed by atoms with Crippen molar-refractivity contribution in [2.75, 3.05) is 0 Å². The minimum atomic E-state index is -0.391. The first-order valence-corrected chi connectivity index (χ1v) is 10.9. The summed E-state index contributed by atoms with van der Waals surface area (Å²) in [6.07, 6.45) is 1.80. The summed E-state index contributed by atoms with van der Waals surface area (Å²) in [7, 11) is 0. The van der Waals surface area contributed by atoms with Crippen LogP contribution in [0.15, 0.2) is 54.2 Å². The van der Waals surface area contributed by atoms with E-state index >= 15 is 0 Å². The maximum atomic E-state index is 14.6. The third kappa shape index (κ3) is 4.69. The minimum absolute atomic E-state index is 0.0928. The number of benzene rings is 2. The Morgan fingerprint density at radius 3 is 2.81 bits per heavy atom. The predicted octanol–water partition coefficient (Wildman–Crippen LogP) is 5.64. The molecule has 1 N–H and O–H groups in total. The number of carbonyl (C=O) groups excluding carboxylic acids is 1. The molecule has 0 saturated heterocycles. The topological polar surface area (TPSA) is 64.2 Å². The lowest BCUT2D eigenvalue weighted by atomic mass is 10.1. The Bertz CT molecular complexity index is 1340. The molecule has 0 saturated carbocycles. The fourth-order valence-electron chi connectivity index (χ4n) is 3.16. The van der Waals surface area contributed by atoms with Crippen LogP contribution in [0.25, 0.3) is 16.1 Å². The number of thiazole rings is 1. The van der Waals surface area contributed by atoms with Crippen LogP contribution in [0, 0.1) is 19.3 Å². The average Bonchev–Trinajstić information content (AvgIpc) is 3.42. The molecule has 0 bridgehead atoms. The zero-order valence-corrected chi connectivity index (χ0v) is 18.5. The van der Waals surface area contributed by atoms with E-state index in [4.69, 9.17) is 18.2 Å². The van der Waals surface area contributed by atoms with Gasteiger partial charge in [0.25, 0.3) is 5.91 Å². The molecular formula is C23H17ClFN5OS. The molecule has 0 aliphatic carbocycles. The number of halogens is 2. The second-order valence-corrected chi connectivity index (χ2v) is 8.31. The van der Waals surface area contributed by atoms with E-state index in [-0.39, 0.29) is 12.5 Å². The summed E-state index contributed by atoms with van der Waals surface area (Å²) in [5, 5.41) is 7.63. The molecule has 0 unspecified atom stereocenters. The van der Waals surface area contributed by atoms with Gasteiger partial charge in [0.05, 0.1) is 30.0 Å². The maximum Gasteiger partial charge on any atom is 0.263 e. The number of nitrogens with one attached hydrogen (secondary N) is 1. The second kappa shape index (κ2) is 9.30. The van der Waals surface area contributed by atoms with Gasteiger partial charge in [-0.3, -0.25) is 9.48 Å². The Balaban J connectivity index is 1.42. The summed E-state index contributed by atoms with van der Waals surface area (Å²) >= 11 is 7.37. The lowest BCUT2D eigenvalue weighted by molar-refractivity contribution is 0.0954. The molecule has 4 aromatic rings. The number of aryl methyl sites for hydroxylation is 1. The van der Waals surface area contributed by atoms with Crippen molar-refractivity contribution < 1.29 is 9.18 Å². The van der Waals surface area contributed by atoms with Crippen LogP contribution in [0.3, 0.4) is 0 Å². The molecule has 0 spiro atoms. The lowest BCUT2D eigenvalue weighted by Gasteiger charge is -2.08. The Labute approximate surface area is 193 Å². The van der Waals surface area contributed by atoms with Gasteiger partial charge in [-0.2, -0.15) is 5.10 Å². The molecule has 0 aliphatic heterocycles. The molecule has 2 heterocycles. The third-order valence-corrected chi connectivity index (χ3v) is 6.09. The molecule has 0 fully saturated rings. The van der Waals surface area contributed by atoms with Crippen LogP contribution in [0.4, 0.5) is 10.1 Å². The average molecular weight is 466 g/mol. The van der Waals surface area contributed by atoms with Gasteiger partial charge in [-0.25, -0.2) is 14.2 Å². The fraction of sp³-hybridized carbons (Fsp3) is 0.130. The van der Waals surface area contributed by atoms with Gasteiger partial charge < -0.3 is 5.32 Å². The highest BCUT2D eigenvalue weighted by atomic mass is 35.5. The van der Waals surface area contributed by atoms with Crippen LogP contribution < -0.4 is 5.32 Å². The van der Waals surface area contributed by atoms with E-state index in [1.807, 2.05) is 12.1 Å². The highest BCUT2D eigenvalue weighted by Crippen LogP contribution is 2.30. The van der Waals surface area contributed by atoms with Crippen molar-refractivity contribution in [2.45, 2.75) is 20.0 Å². The number of hydrogen-bond donors (Lipinski definition) is 1. The van der Waals surface area contributed by atoms with Crippen molar-refractivity contribution in [3.63, 3.8) is 0 Å². The summed E-state index contributed by atoms with van der Waals surface area (Å²) in [6.45, 7) is 9.32. The Morgan fingerprint density at radius 1 is 1.28 bits per heavy atom. The number of amides is 1. The highest BCUT2D eigenvalue weighted by molar-refractivity contribution is 7.11. The van der Waals surface area contributed by atoms with Gasteiger partial charge >= 0.3 is 0 Å². The number of aromatic nitrogens is 3. The van der Waals surface area contributed by atoms with Gasteiger partial charge in [-0.1, -0.05) is 35.9 Å². The zero-order valence-electron chi connectivity index (χ0n) is 17.0. The van der Waals surface area contributed by atoms with E-state index in [0.29, 0.717) is 39.1 Å². The van der Waals surface area contributed by atoms with E-state index in [1.165, 1.54) is 17.4 Å².